The molecular weight excluding hydrogens is 216 g/mol. The lowest BCUT2D eigenvalue weighted by atomic mass is 9.92. The lowest BCUT2D eigenvalue weighted by molar-refractivity contribution is -0.119. The number of carbonyl (C=O) groups is 1. The van der Waals surface area contributed by atoms with E-state index in [1.54, 1.807) is 12.4 Å². The zero-order valence-electron chi connectivity index (χ0n) is 9.70. The first-order valence-electron chi connectivity index (χ1n) is 6.11. The fourth-order valence-electron chi connectivity index (χ4n) is 2.95. The Hall–Kier alpha value is -1.65. The van der Waals surface area contributed by atoms with Crippen molar-refractivity contribution in [3.63, 3.8) is 0 Å². The number of piperidine rings is 1. The largest absolute Gasteiger partial charge is 0.343 e. The number of nitrogens with zero attached hydrogens (tertiary/aromatic N) is 4. The summed E-state index contributed by atoms with van der Waals surface area (Å²) in [6.07, 6.45) is 6.80. The van der Waals surface area contributed by atoms with Gasteiger partial charge in [0.05, 0.1) is 6.04 Å². The molecule has 17 heavy (non-hydrogen) atoms. The fraction of sp³-hybridized carbons (Fsp3) is 0.583. The Morgan fingerprint density at radius 1 is 1.24 bits per heavy atom. The molecule has 5 nitrogen and oxygen atoms in total. The van der Waals surface area contributed by atoms with Crippen LogP contribution in [0, 0.1) is 5.92 Å². The van der Waals surface area contributed by atoms with E-state index in [4.69, 9.17) is 0 Å². The molecule has 0 aromatic carbocycles. The maximum absolute atomic E-state index is 10.9. The molecule has 1 aromatic heterocycles. The summed E-state index contributed by atoms with van der Waals surface area (Å²) < 4.78 is 0. The van der Waals surface area contributed by atoms with Crippen LogP contribution in [0.1, 0.15) is 12.8 Å². The molecule has 0 N–H and O–H groups in total. The molecule has 0 spiro atoms. The number of likely N-dealkylation sites (tertiary alicyclic amines) is 1. The van der Waals surface area contributed by atoms with Crippen molar-refractivity contribution >= 4 is 12.4 Å². The van der Waals surface area contributed by atoms with E-state index in [1.807, 2.05) is 11.0 Å². The van der Waals surface area contributed by atoms with Gasteiger partial charge in [-0.2, -0.15) is 0 Å². The van der Waals surface area contributed by atoms with Crippen molar-refractivity contribution in [3.8, 4) is 0 Å². The van der Waals surface area contributed by atoms with Crippen molar-refractivity contribution in [1.82, 2.24) is 14.9 Å². The van der Waals surface area contributed by atoms with E-state index in [1.165, 1.54) is 6.42 Å². The quantitative estimate of drug-likeness (QED) is 0.698. The molecule has 1 aromatic rings. The van der Waals surface area contributed by atoms with Gasteiger partial charge < -0.3 is 9.80 Å². The van der Waals surface area contributed by atoms with Crippen LogP contribution < -0.4 is 4.90 Å². The monoisotopic (exact) mass is 232 g/mol. The number of aromatic nitrogens is 2. The van der Waals surface area contributed by atoms with Gasteiger partial charge in [-0.15, -0.1) is 0 Å². The van der Waals surface area contributed by atoms with Crippen molar-refractivity contribution in [2.75, 3.05) is 24.5 Å². The minimum atomic E-state index is 0.399. The summed E-state index contributed by atoms with van der Waals surface area (Å²) in [7, 11) is 0. The highest BCUT2D eigenvalue weighted by Crippen LogP contribution is 2.32. The first-order chi connectivity index (χ1) is 8.38. The second kappa shape index (κ2) is 4.31. The lowest BCUT2D eigenvalue weighted by Gasteiger charge is -2.36. The van der Waals surface area contributed by atoms with E-state index in [9.17, 15) is 4.79 Å². The predicted octanol–water partition coefficient (Wildman–Crippen LogP) is 0.534. The highest BCUT2D eigenvalue weighted by molar-refractivity contribution is 5.48. The molecular formula is C12H16N4O. The Balaban J connectivity index is 1.81. The predicted molar refractivity (Wildman–Crippen MR) is 63.5 cm³/mol. The average Bonchev–Trinajstić information content (AvgIpc) is 2.82. The van der Waals surface area contributed by atoms with Gasteiger partial charge in [-0.3, -0.25) is 4.79 Å². The van der Waals surface area contributed by atoms with E-state index in [2.05, 4.69) is 14.9 Å². The third-order valence-corrected chi connectivity index (χ3v) is 3.85. The number of fused-ring (bicyclic) bond motifs is 1. The molecule has 0 bridgehead atoms. The van der Waals surface area contributed by atoms with Gasteiger partial charge in [-0.05, 0) is 24.8 Å². The minimum Gasteiger partial charge on any atom is -0.343 e. The summed E-state index contributed by atoms with van der Waals surface area (Å²) >= 11 is 0. The molecule has 1 amide bonds. The van der Waals surface area contributed by atoms with Gasteiger partial charge in [0.15, 0.2) is 0 Å². The third kappa shape index (κ3) is 1.85. The van der Waals surface area contributed by atoms with E-state index in [0.29, 0.717) is 12.0 Å². The molecule has 2 fully saturated rings. The molecule has 5 heteroatoms. The SMILES string of the molecule is O=CN1CCC2CCN(c3ncccn3)C2C1. The Morgan fingerprint density at radius 2 is 2.00 bits per heavy atom. The van der Waals surface area contributed by atoms with Gasteiger partial charge in [0.1, 0.15) is 0 Å². The number of hydrogen-bond donors (Lipinski definition) is 0. The van der Waals surface area contributed by atoms with Gasteiger partial charge in [-0.1, -0.05) is 0 Å². The summed E-state index contributed by atoms with van der Waals surface area (Å²) in [5, 5.41) is 0. The Bertz CT molecular complexity index is 397. The molecule has 0 radical (unpaired) electrons. The maximum atomic E-state index is 10.9. The van der Waals surface area contributed by atoms with E-state index >= 15 is 0 Å². The molecule has 2 aliphatic rings. The second-order valence-corrected chi connectivity index (χ2v) is 4.75. The Labute approximate surface area is 100 Å². The summed E-state index contributed by atoms with van der Waals surface area (Å²) in [4.78, 5) is 23.6. The smallest absolute Gasteiger partial charge is 0.225 e. The van der Waals surface area contributed by atoms with Crippen LogP contribution in [0.15, 0.2) is 18.5 Å². The summed E-state index contributed by atoms with van der Waals surface area (Å²) in [6, 6.07) is 2.23. The first kappa shape index (κ1) is 10.5. The zero-order valence-corrected chi connectivity index (χ0v) is 9.70. The van der Waals surface area contributed by atoms with Crippen LogP contribution in [0.25, 0.3) is 0 Å². The minimum absolute atomic E-state index is 0.399. The van der Waals surface area contributed by atoms with E-state index < -0.39 is 0 Å². The summed E-state index contributed by atoms with van der Waals surface area (Å²) in [5.41, 5.74) is 0. The Kier molecular flexibility index (Phi) is 2.66. The Morgan fingerprint density at radius 3 is 2.76 bits per heavy atom. The molecule has 2 aliphatic heterocycles. The number of hydrogen-bond acceptors (Lipinski definition) is 4. The normalized spacial score (nSPS) is 28.0. The number of anilines is 1. The standard InChI is InChI=1S/C12H16N4O/c17-9-15-6-2-10-3-7-16(11(10)8-15)12-13-4-1-5-14-12/h1,4-5,9-11H,2-3,6-8H2. The average molecular weight is 232 g/mol. The van der Waals surface area contributed by atoms with Crippen LogP contribution in [0.4, 0.5) is 5.95 Å². The van der Waals surface area contributed by atoms with E-state index in [0.717, 1.165) is 38.4 Å². The highest BCUT2D eigenvalue weighted by atomic mass is 16.1. The highest BCUT2D eigenvalue weighted by Gasteiger charge is 2.39. The lowest BCUT2D eigenvalue weighted by Crippen LogP contribution is -2.48. The molecule has 3 rings (SSSR count). The molecule has 90 valence electrons. The summed E-state index contributed by atoms with van der Waals surface area (Å²) in [5.74, 6) is 1.49. The molecule has 0 aliphatic carbocycles. The molecule has 3 heterocycles. The van der Waals surface area contributed by atoms with Gasteiger partial charge in [0, 0.05) is 32.0 Å². The number of carbonyl (C=O) groups excluding carboxylic acids is 1. The maximum Gasteiger partial charge on any atom is 0.225 e. The molecule has 2 unspecified atom stereocenters. The van der Waals surface area contributed by atoms with Crippen molar-refractivity contribution < 1.29 is 4.79 Å². The van der Waals surface area contributed by atoms with Gasteiger partial charge in [-0.25, -0.2) is 9.97 Å². The van der Waals surface area contributed by atoms with Gasteiger partial charge in [0.25, 0.3) is 0 Å². The van der Waals surface area contributed by atoms with Crippen LogP contribution in [0.3, 0.4) is 0 Å². The molecule has 2 saturated heterocycles. The molecule has 0 saturated carbocycles. The van der Waals surface area contributed by atoms with Crippen LogP contribution in [-0.2, 0) is 4.79 Å². The van der Waals surface area contributed by atoms with Crippen LogP contribution in [0.2, 0.25) is 0 Å². The van der Waals surface area contributed by atoms with Crippen molar-refractivity contribution in [1.29, 1.82) is 0 Å². The van der Waals surface area contributed by atoms with Crippen molar-refractivity contribution in [2.24, 2.45) is 5.92 Å². The fourth-order valence-corrected chi connectivity index (χ4v) is 2.95. The van der Waals surface area contributed by atoms with Crippen molar-refractivity contribution in [3.05, 3.63) is 18.5 Å². The zero-order chi connectivity index (χ0) is 11.7. The van der Waals surface area contributed by atoms with Gasteiger partial charge >= 0.3 is 0 Å². The summed E-state index contributed by atoms with van der Waals surface area (Å²) in [6.45, 7) is 2.71. The topological polar surface area (TPSA) is 49.3 Å². The van der Waals surface area contributed by atoms with Gasteiger partial charge in [0.2, 0.25) is 12.4 Å². The van der Waals surface area contributed by atoms with Crippen LogP contribution in [-0.4, -0.2) is 47.0 Å². The van der Waals surface area contributed by atoms with Crippen LogP contribution >= 0.6 is 0 Å². The second-order valence-electron chi connectivity index (χ2n) is 4.75. The van der Waals surface area contributed by atoms with Crippen molar-refractivity contribution in [2.45, 2.75) is 18.9 Å². The van der Waals surface area contributed by atoms with Crippen LogP contribution in [0.5, 0.6) is 0 Å². The molecule has 2 atom stereocenters. The number of amides is 1. The first-order valence-corrected chi connectivity index (χ1v) is 6.11. The van der Waals surface area contributed by atoms with E-state index in [-0.39, 0.29) is 0 Å². The third-order valence-electron chi connectivity index (χ3n) is 3.85. The number of rotatable bonds is 2.